The van der Waals surface area contributed by atoms with Gasteiger partial charge in [-0.15, -0.1) is 0 Å². The predicted octanol–water partition coefficient (Wildman–Crippen LogP) is 3.34. The van der Waals surface area contributed by atoms with Crippen molar-refractivity contribution in [2.75, 3.05) is 5.32 Å². The van der Waals surface area contributed by atoms with Gasteiger partial charge in [-0.2, -0.15) is 0 Å². The molecule has 0 spiro atoms. The molecular formula is C22H22FN5O3S. The first-order valence-electron chi connectivity index (χ1n) is 10.7. The second-order valence-electron chi connectivity index (χ2n) is 8.23. The Morgan fingerprint density at radius 3 is 2.56 bits per heavy atom. The monoisotopic (exact) mass is 455 g/mol. The van der Waals surface area contributed by atoms with Gasteiger partial charge in [0.05, 0.1) is 5.25 Å². The van der Waals surface area contributed by atoms with E-state index in [0.29, 0.717) is 28.6 Å². The summed E-state index contributed by atoms with van der Waals surface area (Å²) in [5.41, 5.74) is -0.153. The third-order valence-corrected chi connectivity index (χ3v) is 7.00. The van der Waals surface area contributed by atoms with Gasteiger partial charge in [-0.25, -0.2) is 19.2 Å². The summed E-state index contributed by atoms with van der Waals surface area (Å²) in [5.74, 6) is 0.184. The van der Waals surface area contributed by atoms with Crippen LogP contribution in [0.4, 0.5) is 10.1 Å². The van der Waals surface area contributed by atoms with Gasteiger partial charge in [-0.05, 0) is 56.4 Å². The van der Waals surface area contributed by atoms with Crippen LogP contribution >= 0.6 is 11.8 Å². The molecule has 1 unspecified atom stereocenters. The molecule has 5 rings (SSSR count). The number of carbonyl (C=O) groups is 1. The van der Waals surface area contributed by atoms with E-state index in [4.69, 9.17) is 0 Å². The molecular weight excluding hydrogens is 433 g/mol. The van der Waals surface area contributed by atoms with Crippen molar-refractivity contribution in [2.45, 2.75) is 61.3 Å². The van der Waals surface area contributed by atoms with Gasteiger partial charge in [0.25, 0.3) is 5.56 Å². The largest absolute Gasteiger partial charge is 0.330 e. The van der Waals surface area contributed by atoms with E-state index in [1.807, 2.05) is 6.92 Å². The van der Waals surface area contributed by atoms with Crippen LogP contribution in [0.1, 0.15) is 56.8 Å². The van der Waals surface area contributed by atoms with Crippen LogP contribution in [-0.4, -0.2) is 30.7 Å². The van der Waals surface area contributed by atoms with Crippen molar-refractivity contribution in [1.29, 1.82) is 0 Å². The van der Waals surface area contributed by atoms with E-state index in [1.165, 1.54) is 36.0 Å². The number of benzene rings is 1. The minimum absolute atomic E-state index is 0.0328. The molecule has 2 aliphatic carbocycles. The lowest BCUT2D eigenvalue weighted by molar-refractivity contribution is -0.115. The van der Waals surface area contributed by atoms with Crippen molar-refractivity contribution in [3.8, 4) is 0 Å². The molecule has 32 heavy (non-hydrogen) atoms. The van der Waals surface area contributed by atoms with Crippen LogP contribution in [0.25, 0.3) is 11.0 Å². The van der Waals surface area contributed by atoms with Crippen molar-refractivity contribution >= 4 is 34.4 Å². The zero-order valence-electron chi connectivity index (χ0n) is 17.4. The van der Waals surface area contributed by atoms with Crippen molar-refractivity contribution in [1.82, 2.24) is 19.5 Å². The first kappa shape index (κ1) is 20.9. The molecule has 1 amide bonds. The van der Waals surface area contributed by atoms with E-state index >= 15 is 0 Å². The van der Waals surface area contributed by atoms with Crippen molar-refractivity contribution in [3.05, 3.63) is 56.7 Å². The molecule has 0 radical (unpaired) electrons. The highest BCUT2D eigenvalue weighted by atomic mass is 32.2. The van der Waals surface area contributed by atoms with E-state index in [0.717, 1.165) is 25.7 Å². The number of amides is 1. The first-order chi connectivity index (χ1) is 15.4. The number of fused-ring (bicyclic) bond motifs is 1. The molecule has 0 bridgehead atoms. The summed E-state index contributed by atoms with van der Waals surface area (Å²) in [4.78, 5) is 49.9. The van der Waals surface area contributed by atoms with E-state index < -0.39 is 16.5 Å². The fourth-order valence-corrected chi connectivity index (χ4v) is 4.68. The summed E-state index contributed by atoms with van der Waals surface area (Å²) in [6, 6.07) is 5.58. The Labute approximate surface area is 186 Å². The quantitative estimate of drug-likeness (QED) is 0.418. The third kappa shape index (κ3) is 4.06. The van der Waals surface area contributed by atoms with Gasteiger partial charge >= 0.3 is 5.69 Å². The number of hydrogen-bond acceptors (Lipinski definition) is 6. The zero-order valence-corrected chi connectivity index (χ0v) is 18.2. The minimum atomic E-state index is -0.541. The van der Waals surface area contributed by atoms with Crippen molar-refractivity contribution < 1.29 is 9.18 Å². The fourth-order valence-electron chi connectivity index (χ4n) is 3.63. The van der Waals surface area contributed by atoms with Gasteiger partial charge in [0.2, 0.25) is 5.91 Å². The van der Waals surface area contributed by atoms with Crippen molar-refractivity contribution in [3.63, 3.8) is 0 Å². The maximum atomic E-state index is 13.2. The molecule has 0 aliphatic heterocycles. The Balaban J connectivity index is 1.54. The SMILES string of the molecule is CCC(Sc1nc(C2CC2)nc2c1c(=O)[nH]c(=O)n2C1CC1)C(=O)Nc1ccc(F)cc1. The number of halogens is 1. The normalized spacial score (nSPS) is 16.8. The number of nitrogens with one attached hydrogen (secondary N) is 2. The summed E-state index contributed by atoms with van der Waals surface area (Å²) < 4.78 is 14.7. The highest BCUT2D eigenvalue weighted by molar-refractivity contribution is 8.00. The van der Waals surface area contributed by atoms with E-state index in [9.17, 15) is 18.8 Å². The minimum Gasteiger partial charge on any atom is -0.325 e. The highest BCUT2D eigenvalue weighted by Crippen LogP contribution is 2.41. The average molecular weight is 456 g/mol. The number of anilines is 1. The number of rotatable bonds is 7. The maximum Gasteiger partial charge on any atom is 0.330 e. The topological polar surface area (TPSA) is 110 Å². The van der Waals surface area contributed by atoms with Crippen LogP contribution in [0, 0.1) is 5.82 Å². The molecule has 2 saturated carbocycles. The third-order valence-electron chi connectivity index (χ3n) is 5.65. The van der Waals surface area contributed by atoms with Crippen LogP contribution in [0.2, 0.25) is 0 Å². The maximum absolute atomic E-state index is 13.2. The number of thioether (sulfide) groups is 1. The Hall–Kier alpha value is -3.01. The first-order valence-corrected chi connectivity index (χ1v) is 11.6. The fraction of sp³-hybridized carbons (Fsp3) is 0.409. The Morgan fingerprint density at radius 1 is 1.22 bits per heavy atom. The molecule has 8 nitrogen and oxygen atoms in total. The Kier molecular flexibility index (Phi) is 5.32. The van der Waals surface area contributed by atoms with Crippen LogP contribution in [0.5, 0.6) is 0 Å². The molecule has 2 aromatic heterocycles. The van der Waals surface area contributed by atoms with Crippen LogP contribution in [0.15, 0.2) is 38.9 Å². The summed E-state index contributed by atoms with van der Waals surface area (Å²) in [5, 5.41) is 2.91. The Morgan fingerprint density at radius 2 is 1.94 bits per heavy atom. The lowest BCUT2D eigenvalue weighted by Gasteiger charge is -2.17. The summed E-state index contributed by atoms with van der Waals surface area (Å²) in [7, 11) is 0. The zero-order chi connectivity index (χ0) is 22.4. The summed E-state index contributed by atoms with van der Waals surface area (Å²) in [6.07, 6.45) is 4.15. The van der Waals surface area contributed by atoms with Gasteiger partial charge in [0.15, 0.2) is 5.65 Å². The lowest BCUT2D eigenvalue weighted by Crippen LogP contribution is -2.31. The van der Waals surface area contributed by atoms with Gasteiger partial charge in [0, 0.05) is 17.6 Å². The second-order valence-corrected chi connectivity index (χ2v) is 9.42. The molecule has 2 fully saturated rings. The number of H-pyrrole nitrogens is 1. The molecule has 1 aromatic carbocycles. The standard InChI is InChI=1S/C22H22FN5O3S/c1-2-15(19(29)24-13-7-5-12(23)6-8-13)32-21-16-18(25-17(26-21)11-3-4-11)28(14-9-10-14)22(31)27-20(16)30/h5-8,11,14-15H,2-4,9-10H2,1H3,(H,24,29)(H,27,30,31). The summed E-state index contributed by atoms with van der Waals surface area (Å²) >= 11 is 1.20. The molecule has 166 valence electrons. The van der Waals surface area contributed by atoms with Gasteiger partial charge in [-0.3, -0.25) is 19.1 Å². The smallest absolute Gasteiger partial charge is 0.325 e. The number of hydrogen-bond donors (Lipinski definition) is 2. The van der Waals surface area contributed by atoms with Crippen LogP contribution in [-0.2, 0) is 4.79 Å². The number of aromatic amines is 1. The molecule has 3 aromatic rings. The summed E-state index contributed by atoms with van der Waals surface area (Å²) in [6.45, 7) is 1.87. The second kappa shape index (κ2) is 8.16. The van der Waals surface area contributed by atoms with Gasteiger partial charge in [-0.1, -0.05) is 18.7 Å². The van der Waals surface area contributed by atoms with E-state index in [2.05, 4.69) is 20.3 Å². The molecule has 2 N–H and O–H groups in total. The van der Waals surface area contributed by atoms with Crippen LogP contribution in [0.3, 0.4) is 0 Å². The lowest BCUT2D eigenvalue weighted by atomic mass is 10.2. The van der Waals surface area contributed by atoms with Crippen LogP contribution < -0.4 is 16.6 Å². The molecule has 2 aliphatic rings. The average Bonchev–Trinajstić information content (AvgIpc) is 3.66. The number of nitrogens with zero attached hydrogens (tertiary/aromatic N) is 3. The Bertz CT molecular complexity index is 1310. The number of aromatic nitrogens is 4. The van der Waals surface area contributed by atoms with Crippen molar-refractivity contribution in [2.24, 2.45) is 0 Å². The predicted molar refractivity (Wildman–Crippen MR) is 120 cm³/mol. The number of carbonyl (C=O) groups excluding carboxylic acids is 1. The molecule has 2 heterocycles. The van der Waals surface area contributed by atoms with E-state index in [1.54, 1.807) is 4.57 Å². The van der Waals surface area contributed by atoms with E-state index in [-0.39, 0.29) is 29.1 Å². The van der Waals surface area contributed by atoms with Gasteiger partial charge in [0.1, 0.15) is 22.1 Å². The molecule has 0 saturated heterocycles. The van der Waals surface area contributed by atoms with Gasteiger partial charge < -0.3 is 5.32 Å². The molecule has 10 heteroatoms. The molecule has 1 atom stereocenters. The highest BCUT2D eigenvalue weighted by Gasteiger charge is 2.33.